The van der Waals surface area contributed by atoms with Crippen molar-refractivity contribution in [3.05, 3.63) is 182 Å². The normalized spacial score (nSPS) is 11.7. The number of benzene rings is 9. The topological polar surface area (TPSA) is 0 Å². The molecule has 10 aromatic rings. The van der Waals surface area contributed by atoms with Crippen LogP contribution in [-0.2, 0) is 0 Å². The molecule has 0 saturated carbocycles. The summed E-state index contributed by atoms with van der Waals surface area (Å²) in [5.74, 6) is 0. The van der Waals surface area contributed by atoms with Gasteiger partial charge < -0.3 is 0 Å². The second-order valence-corrected chi connectivity index (χ2v) is 13.8. The van der Waals surface area contributed by atoms with E-state index in [0.717, 1.165) is 0 Å². The lowest BCUT2D eigenvalue weighted by Gasteiger charge is -2.21. The zero-order valence-electron chi connectivity index (χ0n) is 26.7. The first-order chi connectivity index (χ1) is 24.3. The second-order valence-electron chi connectivity index (χ2n) is 12.8. The van der Waals surface area contributed by atoms with Crippen molar-refractivity contribution in [3.8, 4) is 44.5 Å². The molecule has 0 saturated heterocycles. The van der Waals surface area contributed by atoms with Crippen LogP contribution in [0.1, 0.15) is 0 Å². The van der Waals surface area contributed by atoms with Crippen molar-refractivity contribution in [2.45, 2.75) is 0 Å². The molecule has 10 rings (SSSR count). The zero-order valence-corrected chi connectivity index (χ0v) is 27.5. The molecule has 0 aliphatic heterocycles. The molecule has 0 fully saturated rings. The minimum Gasteiger partial charge on any atom is -0.135 e. The van der Waals surface area contributed by atoms with Gasteiger partial charge in [-0.1, -0.05) is 170 Å². The molecule has 0 nitrogen and oxygen atoms in total. The molecule has 49 heavy (non-hydrogen) atoms. The molecule has 0 N–H and O–H groups in total. The van der Waals surface area contributed by atoms with Crippen molar-refractivity contribution in [1.82, 2.24) is 0 Å². The zero-order chi connectivity index (χ0) is 32.3. The average Bonchev–Trinajstić information content (AvgIpc) is 3.56. The smallest absolute Gasteiger partial charge is 0.0433 e. The van der Waals surface area contributed by atoms with E-state index >= 15 is 0 Å². The molecule has 1 heteroatoms. The Morgan fingerprint density at radius 2 is 0.837 bits per heavy atom. The summed E-state index contributed by atoms with van der Waals surface area (Å²) < 4.78 is 2.66. The first-order valence-electron chi connectivity index (χ1n) is 16.9. The molecule has 0 spiro atoms. The number of rotatable bonds is 4. The van der Waals surface area contributed by atoms with Crippen LogP contribution in [0.3, 0.4) is 0 Å². The second kappa shape index (κ2) is 11.3. The predicted molar refractivity (Wildman–Crippen MR) is 214 cm³/mol. The molecule has 0 unspecified atom stereocenters. The van der Waals surface area contributed by atoms with Gasteiger partial charge in [-0.15, -0.1) is 11.3 Å². The maximum Gasteiger partial charge on any atom is 0.0433 e. The molecule has 0 aliphatic rings. The summed E-state index contributed by atoms with van der Waals surface area (Å²) in [6.45, 7) is 0. The van der Waals surface area contributed by atoms with Crippen LogP contribution >= 0.6 is 11.3 Å². The fourth-order valence-corrected chi connectivity index (χ4v) is 9.15. The summed E-state index contributed by atoms with van der Waals surface area (Å²) in [5.41, 5.74) is 10.1. The fraction of sp³-hybridized carbons (Fsp3) is 0. The van der Waals surface area contributed by atoms with E-state index < -0.39 is 0 Å². The van der Waals surface area contributed by atoms with E-state index in [0.29, 0.717) is 0 Å². The van der Waals surface area contributed by atoms with Crippen molar-refractivity contribution in [2.24, 2.45) is 0 Å². The minimum atomic E-state index is 1.22. The Kier molecular flexibility index (Phi) is 6.47. The Balaban J connectivity index is 1.36. The van der Waals surface area contributed by atoms with Crippen molar-refractivity contribution in [3.63, 3.8) is 0 Å². The van der Waals surface area contributed by atoms with Crippen LogP contribution in [0.25, 0.3) is 97.0 Å². The Hall–Kier alpha value is -6.02. The molecule has 0 atom stereocenters. The molecule has 1 aromatic heterocycles. The molecule has 228 valence electrons. The van der Waals surface area contributed by atoms with Gasteiger partial charge in [0, 0.05) is 20.2 Å². The molecule has 0 bridgehead atoms. The van der Waals surface area contributed by atoms with E-state index in [1.165, 1.54) is 97.0 Å². The van der Waals surface area contributed by atoms with Crippen LogP contribution < -0.4 is 0 Å². The molecule has 1 heterocycles. The molecular formula is C48H30S. The van der Waals surface area contributed by atoms with Gasteiger partial charge in [-0.05, 0) is 89.0 Å². The lowest BCUT2D eigenvalue weighted by Crippen LogP contribution is -1.94. The third kappa shape index (κ3) is 4.44. The highest BCUT2D eigenvalue weighted by molar-refractivity contribution is 7.26. The van der Waals surface area contributed by atoms with Crippen molar-refractivity contribution in [2.75, 3.05) is 0 Å². The lowest BCUT2D eigenvalue weighted by atomic mass is 9.82. The summed E-state index contributed by atoms with van der Waals surface area (Å²) in [4.78, 5) is 0. The van der Waals surface area contributed by atoms with E-state index in [2.05, 4.69) is 182 Å². The molecular weight excluding hydrogens is 609 g/mol. The van der Waals surface area contributed by atoms with Crippen molar-refractivity contribution in [1.29, 1.82) is 0 Å². The Bertz CT molecular complexity index is 2870. The molecule has 0 aliphatic carbocycles. The third-order valence-corrected chi connectivity index (χ3v) is 11.3. The van der Waals surface area contributed by atoms with Crippen molar-refractivity contribution < 1.29 is 0 Å². The van der Waals surface area contributed by atoms with Gasteiger partial charge in [0.2, 0.25) is 0 Å². The van der Waals surface area contributed by atoms with E-state index in [1.807, 2.05) is 11.3 Å². The van der Waals surface area contributed by atoms with E-state index in [-0.39, 0.29) is 0 Å². The Labute approximate surface area is 289 Å². The van der Waals surface area contributed by atoms with Crippen LogP contribution in [0.4, 0.5) is 0 Å². The first kappa shape index (κ1) is 28.0. The van der Waals surface area contributed by atoms with Crippen LogP contribution in [0.15, 0.2) is 182 Å². The third-order valence-electron chi connectivity index (χ3n) is 10.1. The number of hydrogen-bond donors (Lipinski definition) is 0. The maximum absolute atomic E-state index is 2.46. The summed E-state index contributed by atoms with van der Waals surface area (Å²) in [6.07, 6.45) is 0. The van der Waals surface area contributed by atoms with Gasteiger partial charge in [0.15, 0.2) is 0 Å². The van der Waals surface area contributed by atoms with E-state index in [9.17, 15) is 0 Å². The highest BCUT2D eigenvalue weighted by Gasteiger charge is 2.21. The van der Waals surface area contributed by atoms with Gasteiger partial charge in [0.1, 0.15) is 0 Å². The Morgan fingerprint density at radius 1 is 0.286 bits per heavy atom. The summed E-state index contributed by atoms with van der Waals surface area (Å²) in [5, 5.41) is 10.2. The number of thiophene rings is 1. The average molecular weight is 639 g/mol. The highest BCUT2D eigenvalue weighted by atomic mass is 32.1. The van der Waals surface area contributed by atoms with Crippen LogP contribution in [0, 0.1) is 0 Å². The minimum absolute atomic E-state index is 1.22. The van der Waals surface area contributed by atoms with Gasteiger partial charge in [-0.2, -0.15) is 0 Å². The number of fused-ring (bicyclic) bond motifs is 6. The summed E-state index contributed by atoms with van der Waals surface area (Å²) >= 11 is 1.89. The number of hydrogen-bond acceptors (Lipinski definition) is 1. The van der Waals surface area contributed by atoms with Crippen LogP contribution in [-0.4, -0.2) is 0 Å². The largest absolute Gasteiger partial charge is 0.135 e. The SMILES string of the molecule is c1ccc(-c2ccccc2-c2c3ccccc3c(-c3cccc4ccccc34)c3ccc(-c4cccc5c4sc4ccccc45)cc23)cc1. The van der Waals surface area contributed by atoms with Gasteiger partial charge in [0.05, 0.1) is 0 Å². The predicted octanol–water partition coefficient (Wildman–Crippen LogP) is 14.2. The highest BCUT2D eigenvalue weighted by Crippen LogP contribution is 2.49. The van der Waals surface area contributed by atoms with Crippen molar-refractivity contribution >= 4 is 63.8 Å². The quantitative estimate of drug-likeness (QED) is 0.168. The fourth-order valence-electron chi connectivity index (χ4n) is 7.91. The van der Waals surface area contributed by atoms with Crippen LogP contribution in [0.5, 0.6) is 0 Å². The summed E-state index contributed by atoms with van der Waals surface area (Å²) in [6, 6.07) is 67.0. The Morgan fingerprint density at radius 3 is 1.67 bits per heavy atom. The van der Waals surface area contributed by atoms with E-state index in [4.69, 9.17) is 0 Å². The maximum atomic E-state index is 2.46. The monoisotopic (exact) mass is 638 g/mol. The molecule has 0 amide bonds. The van der Waals surface area contributed by atoms with Gasteiger partial charge >= 0.3 is 0 Å². The molecule has 9 aromatic carbocycles. The van der Waals surface area contributed by atoms with Gasteiger partial charge in [-0.3, -0.25) is 0 Å². The van der Waals surface area contributed by atoms with E-state index in [1.54, 1.807) is 0 Å². The lowest BCUT2D eigenvalue weighted by molar-refractivity contribution is 1.61. The van der Waals surface area contributed by atoms with Gasteiger partial charge in [0.25, 0.3) is 0 Å². The molecule has 0 radical (unpaired) electrons. The summed E-state index contributed by atoms with van der Waals surface area (Å²) in [7, 11) is 0. The standard InChI is InChI=1S/C48H30S/c1-2-14-31(15-3-1)34-19-6-7-21-38(34)47-41-23-9-8-22-40(41)46(39-25-12-17-32-16-4-5-18-35(32)39)42-29-28-33(30-44(42)47)36-24-13-26-43-37-20-10-11-27-45(37)49-48(36)43/h1-30H. The van der Waals surface area contributed by atoms with Crippen LogP contribution in [0.2, 0.25) is 0 Å². The van der Waals surface area contributed by atoms with Gasteiger partial charge in [-0.25, -0.2) is 0 Å². The first-order valence-corrected chi connectivity index (χ1v) is 17.7.